The third-order valence-corrected chi connectivity index (χ3v) is 5.94. The molecule has 0 saturated carbocycles. The van der Waals surface area contributed by atoms with E-state index in [1.54, 1.807) is 4.90 Å². The molecule has 1 spiro atoms. The number of amides is 1. The van der Waals surface area contributed by atoms with Gasteiger partial charge >= 0.3 is 0 Å². The van der Waals surface area contributed by atoms with Gasteiger partial charge in [-0.1, -0.05) is 18.2 Å². The number of rotatable bonds is 4. The maximum absolute atomic E-state index is 12.8. The molecule has 148 valence electrons. The number of H-pyrrole nitrogens is 1. The van der Waals surface area contributed by atoms with E-state index in [-0.39, 0.29) is 18.1 Å². The van der Waals surface area contributed by atoms with Gasteiger partial charge in [0, 0.05) is 25.8 Å². The summed E-state index contributed by atoms with van der Waals surface area (Å²) in [5.41, 5.74) is 0.0324. The standard InChI is InChI=1S/C21H26N4O3/c1-24-10-7-21(15-24)8-11-25(12-9-21)20(27)17-13-22-18(23-19(17)26)14-28-16-5-3-2-4-6-16/h2-6,13H,7-12,14-15H2,1H3,(H,22,23,26). The molecule has 1 N–H and O–H groups in total. The van der Waals surface area contributed by atoms with Crippen molar-refractivity contribution in [3.8, 4) is 5.75 Å². The Morgan fingerprint density at radius 2 is 1.89 bits per heavy atom. The molecule has 7 nitrogen and oxygen atoms in total. The number of ether oxygens (including phenoxy) is 1. The van der Waals surface area contributed by atoms with Gasteiger partial charge in [-0.05, 0) is 50.4 Å². The number of carbonyl (C=O) groups excluding carboxylic acids is 1. The average Bonchev–Trinajstić information content (AvgIpc) is 3.07. The highest BCUT2D eigenvalue weighted by atomic mass is 16.5. The fraction of sp³-hybridized carbons (Fsp3) is 0.476. The summed E-state index contributed by atoms with van der Waals surface area (Å²) in [7, 11) is 2.15. The Hall–Kier alpha value is -2.67. The summed E-state index contributed by atoms with van der Waals surface area (Å²) in [5.74, 6) is 0.868. The summed E-state index contributed by atoms with van der Waals surface area (Å²) in [4.78, 5) is 36.3. The van der Waals surface area contributed by atoms with Gasteiger partial charge in [-0.2, -0.15) is 0 Å². The third-order valence-electron chi connectivity index (χ3n) is 5.94. The van der Waals surface area contributed by atoms with Crippen LogP contribution in [-0.2, 0) is 6.61 Å². The summed E-state index contributed by atoms with van der Waals surface area (Å²) in [5, 5.41) is 0. The SMILES string of the molecule is CN1CCC2(CCN(C(=O)c3cnc(COc4ccccc4)[nH]c3=O)CC2)C1. The van der Waals surface area contributed by atoms with Gasteiger partial charge in [0.25, 0.3) is 11.5 Å². The number of nitrogens with zero attached hydrogens (tertiary/aromatic N) is 3. The monoisotopic (exact) mass is 382 g/mol. The first-order valence-electron chi connectivity index (χ1n) is 9.79. The van der Waals surface area contributed by atoms with E-state index in [9.17, 15) is 9.59 Å². The van der Waals surface area contributed by atoms with Crippen molar-refractivity contribution in [2.24, 2.45) is 5.41 Å². The minimum atomic E-state index is -0.410. The number of nitrogens with one attached hydrogen (secondary N) is 1. The number of aromatic nitrogens is 2. The average molecular weight is 382 g/mol. The number of para-hydroxylation sites is 1. The van der Waals surface area contributed by atoms with E-state index in [0.29, 0.717) is 30.1 Å². The molecule has 2 aromatic rings. The molecule has 1 aromatic carbocycles. The molecule has 3 heterocycles. The zero-order chi connectivity index (χ0) is 19.6. The molecule has 2 saturated heterocycles. The zero-order valence-electron chi connectivity index (χ0n) is 16.2. The van der Waals surface area contributed by atoms with Gasteiger partial charge in [-0.15, -0.1) is 0 Å². The van der Waals surface area contributed by atoms with E-state index in [1.165, 1.54) is 12.6 Å². The van der Waals surface area contributed by atoms with Crippen LogP contribution in [0.5, 0.6) is 5.75 Å². The van der Waals surface area contributed by atoms with Crippen LogP contribution in [0.2, 0.25) is 0 Å². The van der Waals surface area contributed by atoms with Crippen LogP contribution in [0, 0.1) is 5.41 Å². The fourth-order valence-corrected chi connectivity index (χ4v) is 4.25. The largest absolute Gasteiger partial charge is 0.486 e. The first kappa shape index (κ1) is 18.7. The lowest BCUT2D eigenvalue weighted by Crippen LogP contribution is -2.45. The molecule has 0 radical (unpaired) electrons. The molecule has 2 fully saturated rings. The second-order valence-corrected chi connectivity index (χ2v) is 7.95. The summed E-state index contributed by atoms with van der Waals surface area (Å²) >= 11 is 0. The lowest BCUT2D eigenvalue weighted by molar-refractivity contribution is 0.0591. The zero-order valence-corrected chi connectivity index (χ0v) is 16.2. The Kier molecular flexibility index (Phi) is 5.17. The van der Waals surface area contributed by atoms with Crippen molar-refractivity contribution in [2.75, 3.05) is 33.2 Å². The van der Waals surface area contributed by atoms with Gasteiger partial charge in [-0.25, -0.2) is 4.98 Å². The van der Waals surface area contributed by atoms with Crippen molar-refractivity contribution in [2.45, 2.75) is 25.9 Å². The Labute approximate surface area is 164 Å². The molecule has 1 amide bonds. The number of hydrogen-bond acceptors (Lipinski definition) is 5. The lowest BCUT2D eigenvalue weighted by atomic mass is 9.77. The maximum atomic E-state index is 12.8. The smallest absolute Gasteiger partial charge is 0.263 e. The van der Waals surface area contributed by atoms with Crippen molar-refractivity contribution in [3.63, 3.8) is 0 Å². The van der Waals surface area contributed by atoms with E-state index < -0.39 is 5.56 Å². The van der Waals surface area contributed by atoms with E-state index in [4.69, 9.17) is 4.74 Å². The fourth-order valence-electron chi connectivity index (χ4n) is 4.25. The molecular weight excluding hydrogens is 356 g/mol. The van der Waals surface area contributed by atoms with Gasteiger partial charge in [0.1, 0.15) is 23.7 Å². The highest BCUT2D eigenvalue weighted by Gasteiger charge is 2.40. The van der Waals surface area contributed by atoms with E-state index in [0.717, 1.165) is 25.9 Å². The molecule has 2 aliphatic rings. The molecule has 0 atom stereocenters. The number of carbonyl (C=O) groups is 1. The summed E-state index contributed by atoms with van der Waals surface area (Å²) in [6, 6.07) is 9.32. The van der Waals surface area contributed by atoms with Crippen LogP contribution < -0.4 is 10.3 Å². The maximum Gasteiger partial charge on any atom is 0.263 e. The predicted octanol–water partition coefficient (Wildman–Crippen LogP) is 1.91. The topological polar surface area (TPSA) is 78.5 Å². The number of hydrogen-bond donors (Lipinski definition) is 1. The molecule has 7 heteroatoms. The van der Waals surface area contributed by atoms with Gasteiger partial charge in [-0.3, -0.25) is 9.59 Å². The van der Waals surface area contributed by atoms with Crippen LogP contribution in [0.3, 0.4) is 0 Å². The van der Waals surface area contributed by atoms with E-state index >= 15 is 0 Å². The molecule has 0 unspecified atom stereocenters. The third kappa shape index (κ3) is 3.94. The highest BCUT2D eigenvalue weighted by molar-refractivity contribution is 5.93. The molecular formula is C21H26N4O3. The molecule has 2 aliphatic heterocycles. The summed E-state index contributed by atoms with van der Waals surface area (Å²) in [6.07, 6.45) is 4.57. The normalized spacial score (nSPS) is 19.1. The Balaban J connectivity index is 1.38. The molecule has 28 heavy (non-hydrogen) atoms. The van der Waals surface area contributed by atoms with Crippen molar-refractivity contribution in [3.05, 3.63) is 58.3 Å². The quantitative estimate of drug-likeness (QED) is 0.874. The van der Waals surface area contributed by atoms with Gasteiger partial charge in [0.2, 0.25) is 0 Å². The van der Waals surface area contributed by atoms with Crippen LogP contribution in [0.1, 0.15) is 35.4 Å². The predicted molar refractivity (Wildman–Crippen MR) is 105 cm³/mol. The molecule has 0 bridgehead atoms. The number of piperidine rings is 1. The lowest BCUT2D eigenvalue weighted by Gasteiger charge is -2.39. The van der Waals surface area contributed by atoms with Crippen molar-refractivity contribution in [1.82, 2.24) is 19.8 Å². The molecule has 1 aromatic heterocycles. The first-order valence-corrected chi connectivity index (χ1v) is 9.79. The van der Waals surface area contributed by atoms with Crippen LogP contribution in [-0.4, -0.2) is 58.9 Å². The Morgan fingerprint density at radius 3 is 2.54 bits per heavy atom. The van der Waals surface area contributed by atoms with E-state index in [2.05, 4.69) is 21.9 Å². The highest BCUT2D eigenvalue weighted by Crippen LogP contribution is 2.39. The minimum Gasteiger partial charge on any atom is -0.486 e. The van der Waals surface area contributed by atoms with Crippen LogP contribution in [0.4, 0.5) is 0 Å². The summed E-state index contributed by atoms with van der Waals surface area (Å²) < 4.78 is 5.59. The van der Waals surface area contributed by atoms with Crippen LogP contribution in [0.15, 0.2) is 41.3 Å². The number of aromatic amines is 1. The molecule has 4 rings (SSSR count). The molecule has 0 aliphatic carbocycles. The van der Waals surface area contributed by atoms with Gasteiger partial charge in [0.15, 0.2) is 0 Å². The van der Waals surface area contributed by atoms with Crippen molar-refractivity contribution < 1.29 is 9.53 Å². The van der Waals surface area contributed by atoms with Crippen LogP contribution in [0.25, 0.3) is 0 Å². The van der Waals surface area contributed by atoms with Gasteiger partial charge in [0.05, 0.1) is 0 Å². The number of likely N-dealkylation sites (tertiary alicyclic amines) is 2. The van der Waals surface area contributed by atoms with E-state index in [1.807, 2.05) is 30.3 Å². The van der Waals surface area contributed by atoms with Crippen LogP contribution >= 0.6 is 0 Å². The van der Waals surface area contributed by atoms with Gasteiger partial charge < -0.3 is 19.5 Å². The van der Waals surface area contributed by atoms with Crippen molar-refractivity contribution in [1.29, 1.82) is 0 Å². The van der Waals surface area contributed by atoms with Crippen molar-refractivity contribution >= 4 is 5.91 Å². The minimum absolute atomic E-state index is 0.1000. The Bertz CT molecular complexity index is 888. The Morgan fingerprint density at radius 1 is 1.18 bits per heavy atom. The second kappa shape index (κ2) is 7.75. The second-order valence-electron chi connectivity index (χ2n) is 7.95. The first-order chi connectivity index (χ1) is 13.5. The number of benzene rings is 1. The summed E-state index contributed by atoms with van der Waals surface area (Å²) in [6.45, 7) is 3.78.